The lowest BCUT2D eigenvalue weighted by Gasteiger charge is -2.18. The number of benzene rings is 1. The van der Waals surface area contributed by atoms with Gasteiger partial charge in [-0.05, 0) is 43.7 Å². The molecule has 1 aromatic carbocycles. The number of thiophene rings is 1. The Kier molecular flexibility index (Phi) is 8.53. The van der Waals surface area contributed by atoms with Gasteiger partial charge in [0.05, 0.1) is 23.1 Å². The summed E-state index contributed by atoms with van der Waals surface area (Å²) in [6.45, 7) is 7.13. The number of carbonyl (C=O) groups is 3. The molecule has 2 rings (SSSR count). The molecule has 0 spiro atoms. The van der Waals surface area contributed by atoms with Crippen LogP contribution in [0.1, 0.15) is 45.0 Å². The Hall–Kier alpha value is -2.76. The molecule has 1 N–H and O–H groups in total. The van der Waals surface area contributed by atoms with E-state index in [0.29, 0.717) is 23.7 Å². The van der Waals surface area contributed by atoms with Crippen molar-refractivity contribution >= 4 is 44.2 Å². The SMILES string of the molecule is CCN(CC)S(=O)(=O)c1ccc(C(=O)OCC(=O)Nc2sc(C)c(C)c2C(=O)OC)cc1. The van der Waals surface area contributed by atoms with Crippen molar-refractivity contribution in [2.24, 2.45) is 0 Å². The first-order valence-corrected chi connectivity index (χ1v) is 12.1. The Bertz CT molecular complexity index is 1100. The molecule has 0 aliphatic heterocycles. The summed E-state index contributed by atoms with van der Waals surface area (Å²) in [7, 11) is -2.39. The molecular formula is C21H26N2O7S2. The van der Waals surface area contributed by atoms with Gasteiger partial charge in [-0.1, -0.05) is 13.8 Å². The number of rotatable bonds is 9. The van der Waals surface area contributed by atoms with E-state index in [-0.39, 0.29) is 16.0 Å². The maximum atomic E-state index is 12.5. The predicted octanol–water partition coefficient (Wildman–Crippen LogP) is 2.98. The van der Waals surface area contributed by atoms with Crippen LogP contribution < -0.4 is 5.32 Å². The lowest BCUT2D eigenvalue weighted by Crippen LogP contribution is -2.30. The van der Waals surface area contributed by atoms with E-state index >= 15 is 0 Å². The van der Waals surface area contributed by atoms with Crippen molar-refractivity contribution < 1.29 is 32.3 Å². The summed E-state index contributed by atoms with van der Waals surface area (Å²) in [5.41, 5.74) is 1.07. The van der Waals surface area contributed by atoms with Crippen molar-refractivity contribution in [1.29, 1.82) is 0 Å². The van der Waals surface area contributed by atoms with Crippen LogP contribution in [0.4, 0.5) is 5.00 Å². The molecule has 1 amide bonds. The minimum atomic E-state index is -3.64. The summed E-state index contributed by atoms with van der Waals surface area (Å²) in [6.07, 6.45) is 0. The number of methoxy groups -OCH3 is 1. The molecule has 0 atom stereocenters. The van der Waals surface area contributed by atoms with Crippen LogP contribution >= 0.6 is 11.3 Å². The fourth-order valence-electron chi connectivity index (χ4n) is 2.92. The summed E-state index contributed by atoms with van der Waals surface area (Å²) in [5.74, 6) is -1.97. The third-order valence-electron chi connectivity index (χ3n) is 4.80. The zero-order chi connectivity index (χ0) is 24.1. The molecule has 0 saturated heterocycles. The number of amides is 1. The molecule has 0 fully saturated rings. The summed E-state index contributed by atoms with van der Waals surface area (Å²) in [5, 5.41) is 2.88. The molecule has 1 heterocycles. The first-order valence-electron chi connectivity index (χ1n) is 9.82. The third kappa shape index (κ3) is 5.53. The highest BCUT2D eigenvalue weighted by atomic mass is 32.2. The van der Waals surface area contributed by atoms with Gasteiger partial charge in [-0.25, -0.2) is 18.0 Å². The van der Waals surface area contributed by atoms with Crippen molar-refractivity contribution in [2.45, 2.75) is 32.6 Å². The monoisotopic (exact) mass is 482 g/mol. The molecule has 174 valence electrons. The molecule has 0 aliphatic rings. The first kappa shape index (κ1) is 25.5. The van der Waals surface area contributed by atoms with Crippen molar-refractivity contribution in [3.05, 3.63) is 45.8 Å². The van der Waals surface area contributed by atoms with Crippen LogP contribution in [0, 0.1) is 13.8 Å². The van der Waals surface area contributed by atoms with Gasteiger partial charge >= 0.3 is 11.9 Å². The summed E-state index contributed by atoms with van der Waals surface area (Å²) in [6, 6.07) is 5.31. The van der Waals surface area contributed by atoms with Gasteiger partial charge in [-0.3, -0.25) is 4.79 Å². The van der Waals surface area contributed by atoms with E-state index in [2.05, 4.69) is 5.32 Å². The summed E-state index contributed by atoms with van der Waals surface area (Å²) in [4.78, 5) is 37.4. The van der Waals surface area contributed by atoms with Crippen LogP contribution in [-0.4, -0.2) is 57.4 Å². The van der Waals surface area contributed by atoms with E-state index < -0.39 is 34.5 Å². The maximum Gasteiger partial charge on any atom is 0.341 e. The number of anilines is 1. The molecule has 0 bridgehead atoms. The number of carbonyl (C=O) groups excluding carboxylic acids is 3. The van der Waals surface area contributed by atoms with Gasteiger partial charge in [-0.15, -0.1) is 11.3 Å². The number of nitrogens with zero attached hydrogens (tertiary/aromatic N) is 1. The van der Waals surface area contributed by atoms with Gasteiger partial charge in [0.15, 0.2) is 6.61 Å². The maximum absolute atomic E-state index is 12.5. The van der Waals surface area contributed by atoms with Crippen molar-refractivity contribution in [2.75, 3.05) is 32.1 Å². The third-order valence-corrected chi connectivity index (χ3v) is 7.98. The van der Waals surface area contributed by atoms with Gasteiger partial charge in [-0.2, -0.15) is 4.31 Å². The fourth-order valence-corrected chi connectivity index (χ4v) is 5.44. The molecule has 0 aliphatic carbocycles. The normalized spacial score (nSPS) is 11.3. The molecule has 2 aromatic rings. The lowest BCUT2D eigenvalue weighted by molar-refractivity contribution is -0.119. The Labute approximate surface area is 191 Å². The highest BCUT2D eigenvalue weighted by Gasteiger charge is 2.23. The van der Waals surface area contributed by atoms with E-state index in [1.54, 1.807) is 20.8 Å². The Morgan fingerprint density at radius 3 is 2.16 bits per heavy atom. The van der Waals surface area contributed by atoms with Gasteiger partial charge in [0.25, 0.3) is 5.91 Å². The lowest BCUT2D eigenvalue weighted by atomic mass is 10.1. The number of esters is 2. The van der Waals surface area contributed by atoms with Crippen LogP contribution in [0.25, 0.3) is 0 Å². The van der Waals surface area contributed by atoms with E-state index in [1.165, 1.54) is 47.0 Å². The Balaban J connectivity index is 2.04. The van der Waals surface area contributed by atoms with Gasteiger partial charge in [0.1, 0.15) is 5.00 Å². The quantitative estimate of drug-likeness (QED) is 0.546. The van der Waals surface area contributed by atoms with Crippen LogP contribution in [0.15, 0.2) is 29.2 Å². The minimum Gasteiger partial charge on any atom is -0.465 e. The number of hydrogen-bond acceptors (Lipinski definition) is 8. The zero-order valence-corrected chi connectivity index (χ0v) is 20.2. The van der Waals surface area contributed by atoms with Gasteiger partial charge < -0.3 is 14.8 Å². The predicted molar refractivity (Wildman–Crippen MR) is 121 cm³/mol. The zero-order valence-electron chi connectivity index (χ0n) is 18.6. The molecule has 9 nitrogen and oxygen atoms in total. The van der Waals surface area contributed by atoms with Gasteiger partial charge in [0, 0.05) is 18.0 Å². The van der Waals surface area contributed by atoms with Crippen LogP contribution in [0.5, 0.6) is 0 Å². The van der Waals surface area contributed by atoms with Crippen molar-refractivity contribution in [3.8, 4) is 0 Å². The molecule has 11 heteroatoms. The fraction of sp³-hybridized carbons (Fsp3) is 0.381. The van der Waals surface area contributed by atoms with E-state index in [1.807, 2.05) is 6.92 Å². The second kappa shape index (κ2) is 10.7. The molecule has 0 unspecified atom stereocenters. The van der Waals surface area contributed by atoms with Crippen LogP contribution in [-0.2, 0) is 24.3 Å². The van der Waals surface area contributed by atoms with E-state index in [4.69, 9.17) is 9.47 Å². The molecular weight excluding hydrogens is 456 g/mol. The van der Waals surface area contributed by atoms with Crippen LogP contribution in [0.2, 0.25) is 0 Å². The first-order chi connectivity index (χ1) is 15.1. The topological polar surface area (TPSA) is 119 Å². The molecule has 0 saturated carbocycles. The van der Waals surface area contributed by atoms with Crippen LogP contribution in [0.3, 0.4) is 0 Å². The van der Waals surface area contributed by atoms with Crippen molar-refractivity contribution in [3.63, 3.8) is 0 Å². The number of ether oxygens (including phenoxy) is 2. The summed E-state index contributed by atoms with van der Waals surface area (Å²) < 4.78 is 36.1. The number of nitrogens with one attached hydrogen (secondary N) is 1. The highest BCUT2D eigenvalue weighted by molar-refractivity contribution is 7.89. The minimum absolute atomic E-state index is 0.0641. The Morgan fingerprint density at radius 2 is 1.62 bits per heavy atom. The van der Waals surface area contributed by atoms with Gasteiger partial charge in [0.2, 0.25) is 10.0 Å². The standard InChI is InChI=1S/C21H26N2O7S2/c1-6-23(7-2)32(27,28)16-10-8-15(9-11-16)20(25)30-12-17(24)22-19-18(21(26)29-5)13(3)14(4)31-19/h8-11H,6-7,12H2,1-5H3,(H,22,24). The molecule has 1 aromatic heterocycles. The number of sulfonamides is 1. The Morgan fingerprint density at radius 1 is 1.03 bits per heavy atom. The molecule has 0 radical (unpaired) electrons. The number of aryl methyl sites for hydroxylation is 1. The second-order valence-corrected chi connectivity index (χ2v) is 9.88. The average Bonchev–Trinajstić information content (AvgIpc) is 3.05. The second-order valence-electron chi connectivity index (χ2n) is 6.72. The largest absolute Gasteiger partial charge is 0.465 e. The van der Waals surface area contributed by atoms with E-state index in [9.17, 15) is 22.8 Å². The van der Waals surface area contributed by atoms with E-state index in [0.717, 1.165) is 4.88 Å². The number of hydrogen-bond donors (Lipinski definition) is 1. The van der Waals surface area contributed by atoms with Crippen molar-refractivity contribution in [1.82, 2.24) is 4.31 Å². The average molecular weight is 483 g/mol. The molecule has 32 heavy (non-hydrogen) atoms. The highest BCUT2D eigenvalue weighted by Crippen LogP contribution is 2.32. The smallest absolute Gasteiger partial charge is 0.341 e. The summed E-state index contributed by atoms with van der Waals surface area (Å²) >= 11 is 1.22.